The van der Waals surface area contributed by atoms with Crippen molar-refractivity contribution in [3.8, 4) is 5.75 Å². The fourth-order valence-corrected chi connectivity index (χ4v) is 2.77. The molecule has 19 heavy (non-hydrogen) atoms. The lowest BCUT2D eigenvalue weighted by atomic mass is 9.89. The lowest BCUT2D eigenvalue weighted by molar-refractivity contribution is 0.0889. The number of Topliss-reactive ketones (excluding diaryl/α,β-unsaturated/α-hetero) is 1. The Kier molecular flexibility index (Phi) is 4.97. The van der Waals surface area contributed by atoms with E-state index in [-0.39, 0.29) is 11.7 Å². The van der Waals surface area contributed by atoms with E-state index in [2.05, 4.69) is 6.92 Å². The summed E-state index contributed by atoms with van der Waals surface area (Å²) in [6.07, 6.45) is 3.32. The largest absolute Gasteiger partial charge is 0.490 e. The predicted octanol–water partition coefficient (Wildman–Crippen LogP) is 3.33. The minimum absolute atomic E-state index is 0.159. The molecule has 0 heterocycles. The summed E-state index contributed by atoms with van der Waals surface area (Å²) in [5.41, 5.74) is 0.720. The molecule has 2 rings (SSSR count). The molecule has 0 aliphatic heterocycles. The normalized spacial score (nSPS) is 22.4. The molecule has 3 heteroatoms. The fraction of sp³-hybridized carbons (Fsp3) is 0.562. The lowest BCUT2D eigenvalue weighted by Crippen LogP contribution is -2.18. The van der Waals surface area contributed by atoms with Gasteiger partial charge < -0.3 is 9.47 Å². The third kappa shape index (κ3) is 3.35. The van der Waals surface area contributed by atoms with E-state index in [9.17, 15) is 4.79 Å². The van der Waals surface area contributed by atoms with E-state index in [4.69, 9.17) is 9.47 Å². The van der Waals surface area contributed by atoms with Gasteiger partial charge in [-0.2, -0.15) is 0 Å². The van der Waals surface area contributed by atoms with Gasteiger partial charge in [-0.3, -0.25) is 4.79 Å². The molecular weight excluding hydrogens is 240 g/mol. The smallest absolute Gasteiger partial charge is 0.169 e. The van der Waals surface area contributed by atoms with Gasteiger partial charge >= 0.3 is 0 Å². The molecule has 1 saturated carbocycles. The summed E-state index contributed by atoms with van der Waals surface area (Å²) in [6, 6.07) is 7.53. The Morgan fingerprint density at radius 2 is 2.05 bits per heavy atom. The maximum Gasteiger partial charge on any atom is 0.169 e. The number of para-hydroxylation sites is 1. The number of carbonyl (C=O) groups is 1. The first-order valence-corrected chi connectivity index (χ1v) is 6.99. The Balaban J connectivity index is 2.12. The summed E-state index contributed by atoms with van der Waals surface area (Å²) in [5, 5.41) is 0. The van der Waals surface area contributed by atoms with E-state index in [1.807, 2.05) is 24.3 Å². The van der Waals surface area contributed by atoms with Crippen LogP contribution in [0, 0.1) is 11.8 Å². The standard InChI is InChI=1S/C16H22O3/c1-12-6-5-8-13(12)16(17)14-7-3-4-9-15(14)19-11-10-18-2/h3-4,7,9,12-13H,5-6,8,10-11H2,1-2H3. The Bertz CT molecular complexity index is 428. The number of benzene rings is 1. The zero-order valence-electron chi connectivity index (χ0n) is 11.7. The lowest BCUT2D eigenvalue weighted by Gasteiger charge is -2.16. The summed E-state index contributed by atoms with van der Waals surface area (Å²) < 4.78 is 10.6. The first-order valence-electron chi connectivity index (χ1n) is 6.99. The van der Waals surface area contributed by atoms with Crippen molar-refractivity contribution in [2.75, 3.05) is 20.3 Å². The quantitative estimate of drug-likeness (QED) is 0.582. The molecule has 1 aromatic carbocycles. The van der Waals surface area contributed by atoms with Gasteiger partial charge in [0.1, 0.15) is 12.4 Å². The average molecular weight is 262 g/mol. The maximum atomic E-state index is 12.6. The molecule has 0 bridgehead atoms. The highest BCUT2D eigenvalue weighted by molar-refractivity contribution is 6.00. The molecular formula is C16H22O3. The number of ketones is 1. The molecule has 0 aromatic heterocycles. The SMILES string of the molecule is COCCOc1ccccc1C(=O)C1CCCC1C. The van der Waals surface area contributed by atoms with Crippen LogP contribution < -0.4 is 4.74 Å². The number of hydrogen-bond donors (Lipinski definition) is 0. The maximum absolute atomic E-state index is 12.6. The van der Waals surface area contributed by atoms with Gasteiger partial charge in [0.2, 0.25) is 0 Å². The highest BCUT2D eigenvalue weighted by atomic mass is 16.5. The van der Waals surface area contributed by atoms with Crippen LogP contribution in [0.2, 0.25) is 0 Å². The fourth-order valence-electron chi connectivity index (χ4n) is 2.77. The van der Waals surface area contributed by atoms with Crippen molar-refractivity contribution in [1.29, 1.82) is 0 Å². The van der Waals surface area contributed by atoms with Crippen LogP contribution in [0.15, 0.2) is 24.3 Å². The second kappa shape index (κ2) is 6.71. The number of ether oxygens (including phenoxy) is 2. The monoisotopic (exact) mass is 262 g/mol. The molecule has 1 aromatic rings. The van der Waals surface area contributed by atoms with Gasteiger partial charge in [0.25, 0.3) is 0 Å². The highest BCUT2D eigenvalue weighted by Gasteiger charge is 2.31. The van der Waals surface area contributed by atoms with Crippen molar-refractivity contribution in [2.45, 2.75) is 26.2 Å². The predicted molar refractivity (Wildman–Crippen MR) is 74.6 cm³/mol. The average Bonchev–Trinajstić information content (AvgIpc) is 2.85. The molecule has 0 N–H and O–H groups in total. The Hall–Kier alpha value is -1.35. The molecule has 0 amide bonds. The van der Waals surface area contributed by atoms with Crippen molar-refractivity contribution in [2.24, 2.45) is 11.8 Å². The minimum atomic E-state index is 0.159. The summed E-state index contributed by atoms with van der Waals surface area (Å²) in [6.45, 7) is 3.17. The van der Waals surface area contributed by atoms with E-state index < -0.39 is 0 Å². The van der Waals surface area contributed by atoms with Crippen LogP contribution in [0.4, 0.5) is 0 Å². The molecule has 1 aliphatic rings. The first-order chi connectivity index (χ1) is 9.24. The summed E-state index contributed by atoms with van der Waals surface area (Å²) in [7, 11) is 1.64. The van der Waals surface area contributed by atoms with Gasteiger partial charge in [-0.15, -0.1) is 0 Å². The van der Waals surface area contributed by atoms with Gasteiger partial charge in [-0.25, -0.2) is 0 Å². The number of hydrogen-bond acceptors (Lipinski definition) is 3. The zero-order valence-corrected chi connectivity index (χ0v) is 11.7. The second-order valence-electron chi connectivity index (χ2n) is 5.22. The van der Waals surface area contributed by atoms with Crippen LogP contribution in [-0.4, -0.2) is 26.1 Å². The third-order valence-corrected chi connectivity index (χ3v) is 3.90. The Morgan fingerprint density at radius 1 is 1.26 bits per heavy atom. The van der Waals surface area contributed by atoms with Crippen LogP contribution in [0.3, 0.4) is 0 Å². The summed E-state index contributed by atoms with van der Waals surface area (Å²) >= 11 is 0. The van der Waals surface area contributed by atoms with Crippen molar-refractivity contribution in [3.05, 3.63) is 29.8 Å². The van der Waals surface area contributed by atoms with Gasteiger partial charge in [0, 0.05) is 13.0 Å². The van der Waals surface area contributed by atoms with E-state index in [1.165, 1.54) is 0 Å². The highest BCUT2D eigenvalue weighted by Crippen LogP contribution is 2.35. The van der Waals surface area contributed by atoms with Gasteiger partial charge in [0.05, 0.1) is 12.2 Å². The molecule has 0 radical (unpaired) electrons. The van der Waals surface area contributed by atoms with E-state index in [1.54, 1.807) is 7.11 Å². The topological polar surface area (TPSA) is 35.5 Å². The first kappa shape index (κ1) is 14.1. The van der Waals surface area contributed by atoms with Crippen molar-refractivity contribution >= 4 is 5.78 Å². The number of methoxy groups -OCH3 is 1. The van der Waals surface area contributed by atoms with Crippen LogP contribution in [0.5, 0.6) is 5.75 Å². The van der Waals surface area contributed by atoms with Gasteiger partial charge in [-0.05, 0) is 30.9 Å². The Morgan fingerprint density at radius 3 is 2.74 bits per heavy atom. The van der Waals surface area contributed by atoms with Crippen molar-refractivity contribution < 1.29 is 14.3 Å². The molecule has 1 fully saturated rings. The van der Waals surface area contributed by atoms with Gasteiger partial charge in [0.15, 0.2) is 5.78 Å². The molecule has 2 unspecified atom stereocenters. The summed E-state index contributed by atoms with van der Waals surface area (Å²) in [5.74, 6) is 1.56. The number of carbonyl (C=O) groups excluding carboxylic acids is 1. The third-order valence-electron chi connectivity index (χ3n) is 3.90. The Labute approximate surface area is 114 Å². The van der Waals surface area contributed by atoms with Crippen LogP contribution in [0.1, 0.15) is 36.5 Å². The molecule has 2 atom stereocenters. The second-order valence-corrected chi connectivity index (χ2v) is 5.22. The molecule has 3 nitrogen and oxygen atoms in total. The van der Waals surface area contributed by atoms with Crippen molar-refractivity contribution in [1.82, 2.24) is 0 Å². The van der Waals surface area contributed by atoms with Crippen LogP contribution in [-0.2, 0) is 4.74 Å². The van der Waals surface area contributed by atoms with E-state index in [0.29, 0.717) is 24.9 Å². The molecule has 0 spiro atoms. The van der Waals surface area contributed by atoms with E-state index in [0.717, 1.165) is 24.8 Å². The minimum Gasteiger partial charge on any atom is -0.490 e. The van der Waals surface area contributed by atoms with Gasteiger partial charge in [-0.1, -0.05) is 25.5 Å². The van der Waals surface area contributed by atoms with Crippen LogP contribution in [0.25, 0.3) is 0 Å². The van der Waals surface area contributed by atoms with Crippen molar-refractivity contribution in [3.63, 3.8) is 0 Å². The zero-order chi connectivity index (χ0) is 13.7. The van der Waals surface area contributed by atoms with E-state index >= 15 is 0 Å². The molecule has 104 valence electrons. The molecule has 1 aliphatic carbocycles. The van der Waals surface area contributed by atoms with Crippen LogP contribution >= 0.6 is 0 Å². The summed E-state index contributed by atoms with van der Waals surface area (Å²) in [4.78, 5) is 12.6. The number of rotatable bonds is 6. The molecule has 0 saturated heterocycles.